The van der Waals surface area contributed by atoms with Crippen molar-refractivity contribution in [2.24, 2.45) is 0 Å². The monoisotopic (exact) mass is 287 g/mol. The van der Waals surface area contributed by atoms with E-state index in [4.69, 9.17) is 0 Å². The molecular formula is C18H29N3. The standard InChI is InChI=1S/C18H29N3/c1-14-6-9-18(15(11-14)12-19-16-7-8-16)21-10-4-5-17(13-21)20(2)3/h6,9,11,16-17,19H,4-5,7-8,10,12-13H2,1-3H3. The van der Waals surface area contributed by atoms with Crippen LogP contribution in [0.1, 0.15) is 36.8 Å². The molecule has 2 aliphatic rings. The number of nitrogens with one attached hydrogen (secondary N) is 1. The summed E-state index contributed by atoms with van der Waals surface area (Å²) in [7, 11) is 4.41. The Morgan fingerprint density at radius 2 is 2.05 bits per heavy atom. The van der Waals surface area contributed by atoms with Crippen LogP contribution in [-0.2, 0) is 6.54 Å². The summed E-state index contributed by atoms with van der Waals surface area (Å²) < 4.78 is 0. The Kier molecular flexibility index (Phi) is 4.51. The van der Waals surface area contributed by atoms with Gasteiger partial charge in [0.2, 0.25) is 0 Å². The molecule has 1 aromatic rings. The Morgan fingerprint density at radius 3 is 2.76 bits per heavy atom. The van der Waals surface area contributed by atoms with Gasteiger partial charge in [0.25, 0.3) is 0 Å². The molecule has 1 saturated carbocycles. The van der Waals surface area contributed by atoms with Crippen LogP contribution in [0.15, 0.2) is 18.2 Å². The number of aryl methyl sites for hydroxylation is 1. The van der Waals surface area contributed by atoms with Gasteiger partial charge in [-0.15, -0.1) is 0 Å². The Morgan fingerprint density at radius 1 is 1.24 bits per heavy atom. The lowest BCUT2D eigenvalue weighted by atomic mass is 10.0. The van der Waals surface area contributed by atoms with Gasteiger partial charge in [0.05, 0.1) is 0 Å². The molecule has 1 saturated heterocycles. The van der Waals surface area contributed by atoms with Crippen LogP contribution in [0.4, 0.5) is 5.69 Å². The van der Waals surface area contributed by atoms with E-state index < -0.39 is 0 Å². The summed E-state index contributed by atoms with van der Waals surface area (Å²) in [4.78, 5) is 4.97. The molecule has 2 fully saturated rings. The van der Waals surface area contributed by atoms with E-state index >= 15 is 0 Å². The highest BCUT2D eigenvalue weighted by molar-refractivity contribution is 5.55. The molecule has 1 heterocycles. The number of hydrogen-bond acceptors (Lipinski definition) is 3. The molecule has 1 aromatic carbocycles. The van der Waals surface area contributed by atoms with E-state index in [2.05, 4.69) is 54.3 Å². The van der Waals surface area contributed by atoms with Gasteiger partial charge in [0.15, 0.2) is 0 Å². The second kappa shape index (κ2) is 6.37. The minimum absolute atomic E-state index is 0.685. The van der Waals surface area contributed by atoms with Crippen molar-refractivity contribution in [1.29, 1.82) is 0 Å². The maximum absolute atomic E-state index is 3.68. The van der Waals surface area contributed by atoms with Crippen LogP contribution in [-0.4, -0.2) is 44.2 Å². The van der Waals surface area contributed by atoms with E-state index in [0.29, 0.717) is 6.04 Å². The summed E-state index contributed by atoms with van der Waals surface area (Å²) in [5, 5.41) is 3.68. The quantitative estimate of drug-likeness (QED) is 0.898. The molecule has 3 rings (SSSR count). The van der Waals surface area contributed by atoms with E-state index in [1.807, 2.05) is 0 Å². The van der Waals surface area contributed by atoms with E-state index in [9.17, 15) is 0 Å². The second-order valence-corrected chi connectivity index (χ2v) is 6.99. The molecule has 3 heteroatoms. The number of likely N-dealkylation sites (N-methyl/N-ethyl adjacent to an activating group) is 1. The maximum Gasteiger partial charge on any atom is 0.0412 e. The fourth-order valence-electron chi connectivity index (χ4n) is 3.30. The fourth-order valence-corrected chi connectivity index (χ4v) is 3.30. The third-order valence-electron chi connectivity index (χ3n) is 4.86. The van der Waals surface area contributed by atoms with Crippen LogP contribution in [0.2, 0.25) is 0 Å². The first-order valence-corrected chi connectivity index (χ1v) is 8.38. The Balaban J connectivity index is 1.75. The van der Waals surface area contributed by atoms with Crippen LogP contribution >= 0.6 is 0 Å². The molecule has 0 radical (unpaired) electrons. The molecule has 1 N–H and O–H groups in total. The van der Waals surface area contributed by atoms with E-state index in [1.54, 1.807) is 0 Å². The number of hydrogen-bond donors (Lipinski definition) is 1. The van der Waals surface area contributed by atoms with Gasteiger partial charge in [-0.05, 0) is 58.3 Å². The Hall–Kier alpha value is -1.06. The van der Waals surface area contributed by atoms with E-state index in [0.717, 1.165) is 19.1 Å². The molecule has 21 heavy (non-hydrogen) atoms. The van der Waals surface area contributed by atoms with Gasteiger partial charge in [0.1, 0.15) is 0 Å². The SMILES string of the molecule is Cc1ccc(N2CCCC(N(C)C)C2)c(CNC2CC2)c1. The van der Waals surface area contributed by atoms with E-state index in [1.165, 1.54) is 49.0 Å². The maximum atomic E-state index is 3.68. The number of benzene rings is 1. The van der Waals surface area contributed by atoms with Crippen molar-refractivity contribution in [2.45, 2.75) is 51.2 Å². The Bertz CT molecular complexity index is 479. The first kappa shape index (κ1) is 14.9. The van der Waals surface area contributed by atoms with Crippen molar-refractivity contribution in [1.82, 2.24) is 10.2 Å². The van der Waals surface area contributed by atoms with Gasteiger partial charge in [0, 0.05) is 37.4 Å². The molecule has 1 aliphatic carbocycles. The molecule has 1 aliphatic heterocycles. The third-order valence-corrected chi connectivity index (χ3v) is 4.86. The zero-order valence-corrected chi connectivity index (χ0v) is 13.7. The molecule has 3 nitrogen and oxygen atoms in total. The van der Waals surface area contributed by atoms with Gasteiger partial charge in [-0.25, -0.2) is 0 Å². The van der Waals surface area contributed by atoms with Crippen molar-refractivity contribution in [3.05, 3.63) is 29.3 Å². The topological polar surface area (TPSA) is 18.5 Å². The molecule has 0 amide bonds. The summed E-state index contributed by atoms with van der Waals surface area (Å²) in [6.45, 7) is 5.57. The molecule has 1 unspecified atom stereocenters. The summed E-state index contributed by atoms with van der Waals surface area (Å²) in [6.07, 6.45) is 5.33. The van der Waals surface area contributed by atoms with Crippen molar-refractivity contribution >= 4 is 5.69 Å². The number of nitrogens with zero attached hydrogens (tertiary/aromatic N) is 2. The molecule has 0 aromatic heterocycles. The predicted molar refractivity (Wildman–Crippen MR) is 90.0 cm³/mol. The Labute approximate surface area is 129 Å². The zero-order valence-electron chi connectivity index (χ0n) is 13.7. The van der Waals surface area contributed by atoms with Crippen LogP contribution in [0.5, 0.6) is 0 Å². The smallest absolute Gasteiger partial charge is 0.0412 e. The first-order chi connectivity index (χ1) is 10.1. The molecule has 116 valence electrons. The van der Waals surface area contributed by atoms with Gasteiger partial charge in [-0.3, -0.25) is 0 Å². The lowest BCUT2D eigenvalue weighted by molar-refractivity contribution is 0.258. The minimum Gasteiger partial charge on any atom is -0.370 e. The molecule has 1 atom stereocenters. The van der Waals surface area contributed by atoms with Gasteiger partial charge < -0.3 is 15.1 Å². The first-order valence-electron chi connectivity index (χ1n) is 8.38. The van der Waals surface area contributed by atoms with Crippen molar-refractivity contribution in [2.75, 3.05) is 32.1 Å². The predicted octanol–water partition coefficient (Wildman–Crippen LogP) is 2.78. The van der Waals surface area contributed by atoms with Gasteiger partial charge in [-0.2, -0.15) is 0 Å². The van der Waals surface area contributed by atoms with Crippen molar-refractivity contribution in [3.63, 3.8) is 0 Å². The lowest BCUT2D eigenvalue weighted by Crippen LogP contribution is -2.45. The summed E-state index contributed by atoms with van der Waals surface area (Å²) in [5.41, 5.74) is 4.29. The van der Waals surface area contributed by atoms with Gasteiger partial charge >= 0.3 is 0 Å². The van der Waals surface area contributed by atoms with Gasteiger partial charge in [-0.1, -0.05) is 17.7 Å². The summed E-state index contributed by atoms with van der Waals surface area (Å²) in [5.74, 6) is 0. The summed E-state index contributed by atoms with van der Waals surface area (Å²) >= 11 is 0. The number of anilines is 1. The zero-order chi connectivity index (χ0) is 14.8. The van der Waals surface area contributed by atoms with Crippen LogP contribution in [0.25, 0.3) is 0 Å². The minimum atomic E-state index is 0.685. The highest BCUT2D eigenvalue weighted by Gasteiger charge is 2.24. The average Bonchev–Trinajstić information content (AvgIpc) is 3.29. The average molecular weight is 287 g/mol. The van der Waals surface area contributed by atoms with Crippen LogP contribution in [0, 0.1) is 6.92 Å². The molecule has 0 bridgehead atoms. The normalized spacial score (nSPS) is 22.9. The largest absolute Gasteiger partial charge is 0.370 e. The fraction of sp³-hybridized carbons (Fsp3) is 0.667. The van der Waals surface area contributed by atoms with Crippen molar-refractivity contribution in [3.8, 4) is 0 Å². The lowest BCUT2D eigenvalue weighted by Gasteiger charge is -2.38. The van der Waals surface area contributed by atoms with Crippen molar-refractivity contribution < 1.29 is 0 Å². The molecule has 0 spiro atoms. The number of rotatable bonds is 5. The summed E-state index contributed by atoms with van der Waals surface area (Å²) in [6, 6.07) is 8.41. The highest BCUT2D eigenvalue weighted by atomic mass is 15.2. The van der Waals surface area contributed by atoms with E-state index in [-0.39, 0.29) is 0 Å². The highest BCUT2D eigenvalue weighted by Crippen LogP contribution is 2.27. The number of piperidine rings is 1. The second-order valence-electron chi connectivity index (χ2n) is 6.99. The molecular weight excluding hydrogens is 258 g/mol. The van der Waals surface area contributed by atoms with Crippen LogP contribution in [0.3, 0.4) is 0 Å². The third kappa shape index (κ3) is 3.78. The van der Waals surface area contributed by atoms with Crippen LogP contribution < -0.4 is 10.2 Å².